The van der Waals surface area contributed by atoms with Crippen molar-refractivity contribution in [3.05, 3.63) is 47.6 Å². The van der Waals surface area contributed by atoms with Gasteiger partial charge in [-0.25, -0.2) is 14.5 Å². The van der Waals surface area contributed by atoms with Crippen molar-refractivity contribution < 1.29 is 4.74 Å². The molecule has 3 aromatic heterocycles. The number of nitrogens with zero attached hydrogens (tertiary/aromatic N) is 5. The number of anilines is 1. The predicted octanol–water partition coefficient (Wildman–Crippen LogP) is 2.34. The van der Waals surface area contributed by atoms with E-state index in [1.165, 1.54) is 0 Å². The first-order chi connectivity index (χ1) is 11.8. The lowest BCUT2D eigenvalue weighted by molar-refractivity contribution is 0.395. The molecule has 3 heterocycles. The van der Waals surface area contributed by atoms with Crippen LogP contribution in [0.5, 0.6) is 5.88 Å². The van der Waals surface area contributed by atoms with Gasteiger partial charge in [0, 0.05) is 18.8 Å². The Morgan fingerprint density at radius 3 is 3.00 bits per heavy atom. The number of allylic oxidation sites excluding steroid dienone is 1. The van der Waals surface area contributed by atoms with Crippen LogP contribution >= 0.6 is 0 Å². The number of ether oxygens (including phenoxy) is 1. The molecule has 0 unspecified atom stereocenters. The molecule has 0 radical (unpaired) electrons. The van der Waals surface area contributed by atoms with Crippen LogP contribution in [0.3, 0.4) is 0 Å². The van der Waals surface area contributed by atoms with Gasteiger partial charge in [0.2, 0.25) is 11.8 Å². The van der Waals surface area contributed by atoms with Crippen LogP contribution in [0.4, 0.5) is 5.95 Å². The van der Waals surface area contributed by atoms with Gasteiger partial charge in [-0.1, -0.05) is 6.08 Å². The summed E-state index contributed by atoms with van der Waals surface area (Å²) < 4.78 is 7.34. The molecule has 24 heavy (non-hydrogen) atoms. The van der Waals surface area contributed by atoms with Gasteiger partial charge < -0.3 is 10.1 Å². The summed E-state index contributed by atoms with van der Waals surface area (Å²) in [6.45, 7) is 0. The largest absolute Gasteiger partial charge is 0.480 e. The van der Waals surface area contributed by atoms with Crippen molar-refractivity contribution in [1.82, 2.24) is 24.6 Å². The van der Waals surface area contributed by atoms with E-state index in [2.05, 4.69) is 37.5 Å². The molecule has 3 aromatic rings. The fourth-order valence-electron chi connectivity index (χ4n) is 3.05. The normalized spacial score (nSPS) is 14.0. The summed E-state index contributed by atoms with van der Waals surface area (Å²) in [7, 11) is 3.46. The molecule has 7 heteroatoms. The van der Waals surface area contributed by atoms with E-state index in [-0.39, 0.29) is 0 Å². The van der Waals surface area contributed by atoms with Crippen LogP contribution in [0.2, 0.25) is 0 Å². The standard InChI is InChI=1S/C17H18N6O/c1-18-17-21-13-6-4-3-5-12(15(13)16(22-17)24-2)11-7-8-14-19-10-20-23(14)9-11/h5,7-10H,3-4,6H2,1-2H3,(H,18,21,22). The second kappa shape index (κ2) is 5.92. The van der Waals surface area contributed by atoms with Crippen molar-refractivity contribution in [2.24, 2.45) is 0 Å². The quantitative estimate of drug-likeness (QED) is 0.797. The minimum atomic E-state index is 0.582. The number of fused-ring (bicyclic) bond motifs is 2. The van der Waals surface area contributed by atoms with E-state index in [1.54, 1.807) is 18.0 Å². The first-order valence-electron chi connectivity index (χ1n) is 7.93. The van der Waals surface area contributed by atoms with Gasteiger partial charge >= 0.3 is 0 Å². The van der Waals surface area contributed by atoms with Gasteiger partial charge in [0.25, 0.3) is 0 Å². The zero-order valence-electron chi connectivity index (χ0n) is 13.7. The van der Waals surface area contributed by atoms with Crippen molar-refractivity contribution in [3.63, 3.8) is 0 Å². The SMILES string of the molecule is CNc1nc2c(c(OC)n1)C(c1ccc3ncnn3c1)=CCCC2. The molecular formula is C17H18N6O. The summed E-state index contributed by atoms with van der Waals surface area (Å²) >= 11 is 0. The third kappa shape index (κ3) is 2.38. The third-order valence-electron chi connectivity index (χ3n) is 4.19. The number of nitrogens with one attached hydrogen (secondary N) is 1. The van der Waals surface area contributed by atoms with Crippen molar-refractivity contribution in [1.29, 1.82) is 0 Å². The van der Waals surface area contributed by atoms with Crippen LogP contribution < -0.4 is 10.1 Å². The van der Waals surface area contributed by atoms with Crippen LogP contribution in [0.1, 0.15) is 29.7 Å². The fourth-order valence-corrected chi connectivity index (χ4v) is 3.05. The van der Waals surface area contributed by atoms with Gasteiger partial charge in [-0.3, -0.25) is 0 Å². The van der Waals surface area contributed by atoms with E-state index in [9.17, 15) is 0 Å². The number of rotatable bonds is 3. The van der Waals surface area contributed by atoms with E-state index in [4.69, 9.17) is 4.74 Å². The third-order valence-corrected chi connectivity index (χ3v) is 4.19. The molecule has 0 amide bonds. The molecule has 4 rings (SSSR count). The Labute approximate surface area is 139 Å². The maximum absolute atomic E-state index is 5.57. The minimum absolute atomic E-state index is 0.582. The highest BCUT2D eigenvalue weighted by atomic mass is 16.5. The molecule has 0 saturated heterocycles. The van der Waals surface area contributed by atoms with E-state index >= 15 is 0 Å². The molecule has 0 atom stereocenters. The molecule has 0 aromatic carbocycles. The molecule has 0 spiro atoms. The smallest absolute Gasteiger partial charge is 0.226 e. The lowest BCUT2D eigenvalue weighted by Crippen LogP contribution is -2.07. The van der Waals surface area contributed by atoms with Crippen LogP contribution in [0.15, 0.2) is 30.7 Å². The second-order valence-corrected chi connectivity index (χ2v) is 5.62. The monoisotopic (exact) mass is 322 g/mol. The highest BCUT2D eigenvalue weighted by molar-refractivity contribution is 5.84. The van der Waals surface area contributed by atoms with Gasteiger partial charge in [0.15, 0.2) is 5.65 Å². The Morgan fingerprint density at radius 1 is 1.25 bits per heavy atom. The highest BCUT2D eigenvalue weighted by Gasteiger charge is 2.22. The van der Waals surface area contributed by atoms with Gasteiger partial charge in [-0.05, 0) is 37.0 Å². The van der Waals surface area contributed by atoms with Crippen molar-refractivity contribution >= 4 is 17.2 Å². The Hall–Kier alpha value is -2.96. The van der Waals surface area contributed by atoms with Crippen LogP contribution in [-0.2, 0) is 6.42 Å². The molecular weight excluding hydrogens is 304 g/mol. The average molecular weight is 322 g/mol. The topological polar surface area (TPSA) is 77.2 Å². The number of methoxy groups -OCH3 is 1. The maximum Gasteiger partial charge on any atom is 0.226 e. The predicted molar refractivity (Wildman–Crippen MR) is 91.1 cm³/mol. The summed E-state index contributed by atoms with van der Waals surface area (Å²) in [6, 6.07) is 4.01. The van der Waals surface area contributed by atoms with Crippen molar-refractivity contribution in [2.75, 3.05) is 19.5 Å². The average Bonchev–Trinajstić information content (AvgIpc) is 2.98. The van der Waals surface area contributed by atoms with E-state index < -0.39 is 0 Å². The molecule has 7 nitrogen and oxygen atoms in total. The van der Waals surface area contributed by atoms with Crippen molar-refractivity contribution in [2.45, 2.75) is 19.3 Å². The Balaban J connectivity index is 1.92. The van der Waals surface area contributed by atoms with Crippen molar-refractivity contribution in [3.8, 4) is 5.88 Å². The number of hydrogen-bond donors (Lipinski definition) is 1. The number of aromatic nitrogens is 5. The first kappa shape index (κ1) is 14.6. The molecule has 1 N–H and O–H groups in total. The fraction of sp³-hybridized carbons (Fsp3) is 0.294. The first-order valence-corrected chi connectivity index (χ1v) is 7.93. The maximum atomic E-state index is 5.57. The van der Waals surface area contributed by atoms with E-state index in [0.29, 0.717) is 11.8 Å². The van der Waals surface area contributed by atoms with Crippen LogP contribution in [-0.4, -0.2) is 38.7 Å². The number of pyridine rings is 1. The Morgan fingerprint density at radius 2 is 2.17 bits per heavy atom. The summed E-state index contributed by atoms with van der Waals surface area (Å²) in [6.07, 6.45) is 8.69. The molecule has 0 aliphatic heterocycles. The van der Waals surface area contributed by atoms with Gasteiger partial charge in [-0.2, -0.15) is 10.1 Å². The molecule has 1 aliphatic carbocycles. The van der Waals surface area contributed by atoms with E-state index in [0.717, 1.165) is 47.3 Å². The Kier molecular flexibility index (Phi) is 3.60. The lowest BCUT2D eigenvalue weighted by atomic mass is 9.98. The number of aryl methyl sites for hydroxylation is 1. The zero-order valence-corrected chi connectivity index (χ0v) is 13.7. The zero-order chi connectivity index (χ0) is 16.5. The van der Waals surface area contributed by atoms with E-state index in [1.807, 2.05) is 19.3 Å². The molecule has 1 aliphatic rings. The number of hydrogen-bond acceptors (Lipinski definition) is 6. The summed E-state index contributed by atoms with van der Waals surface area (Å²) in [5, 5.41) is 7.23. The molecule has 0 fully saturated rings. The lowest BCUT2D eigenvalue weighted by Gasteiger charge is -2.15. The Bertz CT molecular complexity index is 930. The minimum Gasteiger partial charge on any atom is -0.480 e. The summed E-state index contributed by atoms with van der Waals surface area (Å²) in [5.74, 6) is 1.18. The molecule has 0 saturated carbocycles. The highest BCUT2D eigenvalue weighted by Crippen LogP contribution is 2.36. The van der Waals surface area contributed by atoms with Crippen LogP contribution in [0, 0.1) is 0 Å². The molecule has 0 bridgehead atoms. The van der Waals surface area contributed by atoms with Gasteiger partial charge in [0.05, 0.1) is 18.4 Å². The van der Waals surface area contributed by atoms with Gasteiger partial charge in [-0.15, -0.1) is 0 Å². The van der Waals surface area contributed by atoms with Crippen LogP contribution in [0.25, 0.3) is 11.2 Å². The summed E-state index contributed by atoms with van der Waals surface area (Å²) in [4.78, 5) is 13.3. The van der Waals surface area contributed by atoms with Gasteiger partial charge in [0.1, 0.15) is 6.33 Å². The molecule has 122 valence electrons. The summed E-state index contributed by atoms with van der Waals surface area (Å²) in [5.41, 5.74) is 4.93. The second-order valence-electron chi connectivity index (χ2n) is 5.62.